The predicted molar refractivity (Wildman–Crippen MR) is 284 cm³/mol. The van der Waals surface area contributed by atoms with Crippen molar-refractivity contribution in [1.29, 1.82) is 0 Å². The summed E-state index contributed by atoms with van der Waals surface area (Å²) < 4.78 is 172. The highest BCUT2D eigenvalue weighted by Gasteiger charge is 2.33. The van der Waals surface area contributed by atoms with E-state index in [1.54, 1.807) is 23.2 Å². The maximum Gasteiger partial charge on any atom is 0.137 e. The van der Waals surface area contributed by atoms with Crippen molar-refractivity contribution in [2.24, 2.45) is 0 Å². The van der Waals surface area contributed by atoms with Crippen molar-refractivity contribution in [1.82, 2.24) is 9.55 Å². The van der Waals surface area contributed by atoms with E-state index in [0.29, 0.717) is 51.1 Å². The van der Waals surface area contributed by atoms with Crippen LogP contribution < -0.4 is 9.80 Å². The molecule has 10 aromatic rings. The Kier molecular flexibility index (Phi) is 6.42. The largest absolute Gasteiger partial charge is 0.321 e. The van der Waals surface area contributed by atoms with Crippen LogP contribution in [-0.2, 0) is 17.3 Å². The lowest BCUT2D eigenvalue weighted by atomic mass is 9.85. The summed E-state index contributed by atoms with van der Waals surface area (Å²) in [6.45, 7) is 12.4. The van der Waals surface area contributed by atoms with Crippen LogP contribution in [0, 0.1) is 0 Å². The lowest BCUT2D eigenvalue weighted by Crippen LogP contribution is -2.25. The Bertz CT molecular complexity index is 4400. The zero-order valence-corrected chi connectivity index (χ0v) is 37.9. The average Bonchev–Trinajstić information content (AvgIpc) is 1.48. The van der Waals surface area contributed by atoms with Crippen LogP contribution in [0.25, 0.3) is 61.0 Å². The summed E-state index contributed by atoms with van der Waals surface area (Å²) in [4.78, 5) is 8.54. The van der Waals surface area contributed by atoms with Gasteiger partial charge in [-0.2, -0.15) is 0 Å². The zero-order chi connectivity index (χ0) is 62.4. The number of aromatic nitrogens is 2. The minimum Gasteiger partial charge on any atom is -0.321 e. The number of para-hydroxylation sites is 3. The number of nitrogens with zero attached hydrogens (tertiary/aromatic N) is 4. The van der Waals surface area contributed by atoms with Crippen LogP contribution in [0.3, 0.4) is 0 Å². The molecule has 0 radical (unpaired) electrons. The first kappa shape index (κ1) is 25.9. The van der Waals surface area contributed by atoms with Crippen molar-refractivity contribution < 1.29 is 26.0 Å². The third-order valence-corrected chi connectivity index (χ3v) is 12.3. The van der Waals surface area contributed by atoms with E-state index in [9.17, 15) is 6.85 Å². The van der Waals surface area contributed by atoms with Crippen LogP contribution in [0.4, 0.5) is 22.7 Å². The molecule has 1 aliphatic heterocycles. The highest BCUT2D eigenvalue weighted by molar-refractivity contribution is 6.09. The van der Waals surface area contributed by atoms with Crippen molar-refractivity contribution in [3.63, 3.8) is 0 Å². The van der Waals surface area contributed by atoms with Crippen LogP contribution in [0.1, 0.15) is 89.8 Å². The smallest absolute Gasteiger partial charge is 0.137 e. The fourth-order valence-corrected chi connectivity index (χ4v) is 8.96. The molecule has 11 rings (SSSR count). The Hall–Kier alpha value is -7.69. The molecule has 0 unspecified atom stereocenters. The zero-order valence-electron chi connectivity index (χ0n) is 56.9. The summed E-state index contributed by atoms with van der Waals surface area (Å²) in [6, 6.07) is 14.5. The summed E-state index contributed by atoms with van der Waals surface area (Å²) in [5, 5.41) is 0.979. The highest BCUT2D eigenvalue weighted by Crippen LogP contribution is 2.52. The van der Waals surface area contributed by atoms with E-state index in [1.807, 2.05) is 58.0 Å². The number of benzene rings is 8. The van der Waals surface area contributed by atoms with Gasteiger partial charge >= 0.3 is 0 Å². The van der Waals surface area contributed by atoms with Crippen LogP contribution in [0.5, 0.6) is 0 Å². The van der Waals surface area contributed by atoms with Gasteiger partial charge in [-0.25, -0.2) is 4.98 Å². The fourth-order valence-electron chi connectivity index (χ4n) is 8.96. The lowest BCUT2D eigenvalue weighted by molar-refractivity contribution is 0.588. The van der Waals surface area contributed by atoms with Gasteiger partial charge in [-0.1, -0.05) is 181 Å². The van der Waals surface area contributed by atoms with E-state index in [1.165, 1.54) is 12.1 Å². The number of fused-ring (bicyclic) bond motifs is 4. The van der Waals surface area contributed by atoms with E-state index in [0.717, 1.165) is 22.3 Å². The molecule has 0 amide bonds. The van der Waals surface area contributed by atoms with Crippen LogP contribution >= 0.6 is 0 Å². The van der Waals surface area contributed by atoms with E-state index in [-0.39, 0.29) is 75.3 Å². The Morgan fingerprint density at radius 1 is 0.493 bits per heavy atom. The van der Waals surface area contributed by atoms with Gasteiger partial charge in [0.15, 0.2) is 0 Å². The SMILES string of the molecule is [2H]c1c([2H])c([2H])c(-c2cc(-c3c([2H])c([2H])c([2H])c([2H])c3[2H])c(N3CN(c4cc(Cc5ccc6c7c([2H])c([2H])c([2H])c([2H])c7n(-c7cc(C(C)(C)C)ccn7)c6c5)cc(C(C)(C)C)c4)c4ccccc43)c(-c3c([2H])c([2H])c([2H])c([2H])c3[2H])c2)c([2H])c1[2H]. The molecule has 0 atom stereocenters. The Morgan fingerprint density at radius 3 is 1.73 bits per heavy atom. The van der Waals surface area contributed by atoms with Crippen LogP contribution in [-0.4, -0.2) is 16.2 Å². The number of hydrogen-bond acceptors (Lipinski definition) is 3. The van der Waals surface area contributed by atoms with Gasteiger partial charge in [0.05, 0.1) is 54.1 Å². The van der Waals surface area contributed by atoms with E-state index in [4.69, 9.17) is 24.2 Å². The fraction of sp³-hybridized carbons (Fsp3) is 0.159. The lowest BCUT2D eigenvalue weighted by Gasteiger charge is -2.29. The molecule has 0 saturated heterocycles. The summed E-state index contributed by atoms with van der Waals surface area (Å²) in [6.07, 6.45) is 2.06. The van der Waals surface area contributed by atoms with Crippen molar-refractivity contribution in [2.75, 3.05) is 16.5 Å². The molecule has 0 bridgehead atoms. The quantitative estimate of drug-likeness (QED) is 0.152. The Morgan fingerprint density at radius 2 is 1.09 bits per heavy atom. The van der Waals surface area contributed by atoms with Crippen molar-refractivity contribution >= 4 is 44.6 Å². The molecule has 0 spiro atoms. The number of rotatable bonds is 8. The molecular weight excluding hydrogens is 813 g/mol. The highest BCUT2D eigenvalue weighted by atomic mass is 15.4. The van der Waals surface area contributed by atoms with Gasteiger partial charge < -0.3 is 9.80 Å². The second kappa shape index (κ2) is 16.6. The maximum atomic E-state index is 9.41. The third-order valence-electron chi connectivity index (χ3n) is 12.3. The summed E-state index contributed by atoms with van der Waals surface area (Å²) >= 11 is 0. The molecule has 67 heavy (non-hydrogen) atoms. The molecule has 4 nitrogen and oxygen atoms in total. The number of hydrogen-bond donors (Lipinski definition) is 0. The second-order valence-electron chi connectivity index (χ2n) is 18.8. The minimum absolute atomic E-state index is 0.0216. The molecule has 1 aliphatic rings. The molecule has 0 fully saturated rings. The first-order valence-corrected chi connectivity index (χ1v) is 22.0. The van der Waals surface area contributed by atoms with Crippen molar-refractivity contribution in [3.05, 3.63) is 228 Å². The molecule has 0 saturated carbocycles. The Balaban J connectivity index is 1.15. The number of anilines is 4. The predicted octanol–water partition coefficient (Wildman–Crippen LogP) is 16.6. The molecule has 328 valence electrons. The summed E-state index contributed by atoms with van der Waals surface area (Å²) in [5.74, 6) is 0.488. The maximum absolute atomic E-state index is 9.41. The standard InChI is InChI=1S/C63H56N4/c1-62(2,3)49-32-33-64-60(41-49)67-56-27-17-16-26-52(56)53-31-30-43(37-59(53)67)34-44-35-50(63(4,5)6)40-51(36-44)65-42-66(58-29-19-18-28-57(58)65)61-54(46-22-12-8-13-23-46)38-48(45-20-10-7-11-21-45)39-55(61)47-24-14-9-15-25-47/h7-33,35-41H,34,42H2,1-6H3/i7D,8D,9D,10D,11D,12D,13D,14D,15D,16D,17D,20D,21D,22D,23D,24D,25D,26D,27D. The minimum atomic E-state index is -0.710. The second-order valence-corrected chi connectivity index (χ2v) is 18.8. The first-order chi connectivity index (χ1) is 40.3. The summed E-state index contributed by atoms with van der Waals surface area (Å²) in [7, 11) is 0. The van der Waals surface area contributed by atoms with E-state index < -0.39 is 96.1 Å². The molecule has 0 N–H and O–H groups in total. The average molecular weight is 888 g/mol. The van der Waals surface area contributed by atoms with Gasteiger partial charge in [0.2, 0.25) is 0 Å². The normalized spacial score (nSPS) is 16.8. The van der Waals surface area contributed by atoms with Crippen molar-refractivity contribution in [3.8, 4) is 39.2 Å². The van der Waals surface area contributed by atoms with Gasteiger partial charge in [-0.15, -0.1) is 0 Å². The van der Waals surface area contributed by atoms with Gasteiger partial charge in [0.25, 0.3) is 0 Å². The van der Waals surface area contributed by atoms with Crippen LogP contribution in [0.2, 0.25) is 0 Å². The molecule has 4 heteroatoms. The molecule has 2 aromatic heterocycles. The summed E-state index contributed by atoms with van der Waals surface area (Å²) in [5.41, 5.74) is 4.18. The van der Waals surface area contributed by atoms with Gasteiger partial charge in [0.1, 0.15) is 12.5 Å². The molecule has 3 heterocycles. The topological polar surface area (TPSA) is 24.3 Å². The van der Waals surface area contributed by atoms with E-state index >= 15 is 0 Å². The number of pyridine rings is 1. The van der Waals surface area contributed by atoms with E-state index in [2.05, 4.69) is 53.7 Å². The third kappa shape index (κ3) is 7.87. The first-order valence-electron chi connectivity index (χ1n) is 31.5. The van der Waals surface area contributed by atoms with Gasteiger partial charge in [0, 0.05) is 33.8 Å². The molecular formula is C63H56N4. The van der Waals surface area contributed by atoms with Gasteiger partial charge in [-0.3, -0.25) is 4.57 Å². The van der Waals surface area contributed by atoms with Crippen molar-refractivity contribution in [2.45, 2.75) is 58.8 Å². The van der Waals surface area contributed by atoms with Crippen LogP contribution in [0.15, 0.2) is 206 Å². The molecule has 8 aromatic carbocycles. The van der Waals surface area contributed by atoms with Gasteiger partial charge in [-0.05, 0) is 122 Å². The Labute approximate surface area is 422 Å². The molecule has 0 aliphatic carbocycles. The monoisotopic (exact) mass is 888 g/mol.